The number of methoxy groups -OCH3 is 1. The van der Waals surface area contributed by atoms with Gasteiger partial charge in [-0.25, -0.2) is 4.79 Å². The van der Waals surface area contributed by atoms with Crippen LogP contribution in [-0.4, -0.2) is 145 Å². The number of phenolic OH excluding ortho intramolecular Hbond substituents is 2. The highest BCUT2D eigenvalue weighted by atomic mass is 16.8. The van der Waals surface area contributed by atoms with Gasteiger partial charge in [0.05, 0.1) is 37.0 Å². The van der Waals surface area contributed by atoms with Crippen molar-refractivity contribution in [3.63, 3.8) is 0 Å². The Bertz CT molecular complexity index is 1440. The third-order valence-corrected chi connectivity index (χ3v) is 8.01. The highest BCUT2D eigenvalue weighted by Crippen LogP contribution is 2.48. The molecule has 0 unspecified atom stereocenters. The minimum absolute atomic E-state index is 0.321. The number of ketones is 1. The molecule has 2 aromatic rings. The van der Waals surface area contributed by atoms with Gasteiger partial charge in [-0.1, -0.05) is 12.1 Å². The van der Waals surface area contributed by atoms with Crippen LogP contribution in [0.4, 0.5) is 0 Å². The fourth-order valence-electron chi connectivity index (χ4n) is 5.65. The van der Waals surface area contributed by atoms with Crippen LogP contribution in [0.1, 0.15) is 37.4 Å². The summed E-state index contributed by atoms with van der Waals surface area (Å²) in [5, 5.41) is 105. The molecule has 5 rings (SSSR count). The average molecular weight is 641 g/mol. The first-order chi connectivity index (χ1) is 21.3. The zero-order valence-corrected chi connectivity index (χ0v) is 23.4. The van der Waals surface area contributed by atoms with Crippen molar-refractivity contribution in [2.24, 2.45) is 0 Å². The third-order valence-electron chi connectivity index (χ3n) is 8.01. The minimum Gasteiger partial charge on any atom is -0.507 e. The number of carbonyl (C=O) groups is 2. The monoisotopic (exact) mass is 640 g/mol. The number of aliphatic hydroxyl groups is 8. The van der Waals surface area contributed by atoms with Crippen LogP contribution in [0.5, 0.6) is 11.5 Å². The quantitative estimate of drug-likeness (QED) is 0.103. The minimum atomic E-state index is -2.87. The van der Waals surface area contributed by atoms with Crippen LogP contribution in [0.3, 0.4) is 0 Å². The molecule has 0 saturated carbocycles. The van der Waals surface area contributed by atoms with Gasteiger partial charge in [0.15, 0.2) is 12.6 Å². The van der Waals surface area contributed by atoms with Crippen molar-refractivity contribution in [3.8, 4) is 11.5 Å². The van der Waals surface area contributed by atoms with Crippen LogP contribution in [-0.2, 0) is 29.5 Å². The molecular weight excluding hydrogens is 608 g/mol. The third kappa shape index (κ3) is 5.46. The summed E-state index contributed by atoms with van der Waals surface area (Å²) in [6.07, 6.45) is -18.1. The predicted molar refractivity (Wildman–Crippen MR) is 141 cm³/mol. The molecule has 11 atom stereocenters. The Hall–Kier alpha value is -3.30. The first-order valence-corrected chi connectivity index (χ1v) is 13.6. The number of fused-ring (bicyclic) bond motifs is 2. The zero-order valence-electron chi connectivity index (χ0n) is 23.4. The van der Waals surface area contributed by atoms with Crippen molar-refractivity contribution in [2.75, 3.05) is 20.3 Å². The molecule has 246 valence electrons. The van der Waals surface area contributed by atoms with Crippen LogP contribution in [0.25, 0.3) is 0 Å². The molecule has 10 N–H and O–H groups in total. The van der Waals surface area contributed by atoms with Crippen LogP contribution >= 0.6 is 0 Å². The fraction of sp³-hybridized carbons (Fsp3) is 0.500. The standard InChI is InChI=1S/C28H32O17/c1-41-25(39)9-5-11-17(13(32)6-9)19(34)16-10(3-2-4-12(16)31)28(11,40)45-27-23(38)21(36)24(15(8-30)43-27)44-26-22(37)20(35)18(33)14(7-29)42-26/h2-6,14-15,18,20-24,26-27,29-33,35-38,40H,7-8H2,1H3/t14-,15-,18-,20+,21-,22-,23-,24-,26+,27+,28-/m1/s1. The molecule has 2 aromatic carbocycles. The normalized spacial score (nSPS) is 36.2. The molecule has 2 fully saturated rings. The second-order valence-electron chi connectivity index (χ2n) is 10.7. The van der Waals surface area contributed by atoms with Gasteiger partial charge < -0.3 is 74.7 Å². The van der Waals surface area contributed by atoms with Gasteiger partial charge in [0, 0.05) is 11.1 Å². The summed E-state index contributed by atoms with van der Waals surface area (Å²) in [5.74, 6) is -6.20. The van der Waals surface area contributed by atoms with E-state index in [1.165, 1.54) is 12.1 Å². The second kappa shape index (κ2) is 12.5. The molecule has 0 radical (unpaired) electrons. The Balaban J connectivity index is 1.51. The maximum Gasteiger partial charge on any atom is 0.337 e. The van der Waals surface area contributed by atoms with Crippen molar-refractivity contribution in [2.45, 2.75) is 67.2 Å². The smallest absolute Gasteiger partial charge is 0.337 e. The number of benzene rings is 2. The van der Waals surface area contributed by atoms with Gasteiger partial charge in [-0.3, -0.25) is 4.79 Å². The maximum absolute atomic E-state index is 13.4. The van der Waals surface area contributed by atoms with Gasteiger partial charge in [-0.05, 0) is 18.2 Å². The molecule has 1 aliphatic carbocycles. The van der Waals surface area contributed by atoms with E-state index in [1.54, 1.807) is 0 Å². The number of hydrogen-bond donors (Lipinski definition) is 10. The van der Waals surface area contributed by atoms with Crippen molar-refractivity contribution in [3.05, 3.63) is 58.1 Å². The number of esters is 1. The molecule has 3 aliphatic rings. The molecule has 2 saturated heterocycles. The van der Waals surface area contributed by atoms with E-state index < -0.39 is 126 Å². The Labute approximate surface area is 253 Å². The second-order valence-corrected chi connectivity index (χ2v) is 10.7. The van der Waals surface area contributed by atoms with Crippen LogP contribution in [0.15, 0.2) is 30.3 Å². The highest BCUT2D eigenvalue weighted by molar-refractivity contribution is 6.16. The zero-order chi connectivity index (χ0) is 33.0. The molecule has 0 amide bonds. The molecule has 0 spiro atoms. The number of phenols is 2. The number of aromatic hydroxyl groups is 2. The Morgan fingerprint density at radius 3 is 2.09 bits per heavy atom. The van der Waals surface area contributed by atoms with E-state index in [0.29, 0.717) is 0 Å². The SMILES string of the molecule is COC(=O)c1cc(O)c2c(c1)[C@](O)(O[C@@H]1O[C@H](CO)[C@@H](O[C@@H]3O[C@H](CO)[C@@H](O)[C@H](O)[C@H]3O)[C@H](O)[C@H]1O)c1cccc(O)c1C2=O. The van der Waals surface area contributed by atoms with Gasteiger partial charge >= 0.3 is 5.97 Å². The summed E-state index contributed by atoms with van der Waals surface area (Å²) in [4.78, 5) is 25.7. The Kier molecular flexibility index (Phi) is 9.17. The van der Waals surface area contributed by atoms with Gasteiger partial charge in [0.2, 0.25) is 11.6 Å². The first-order valence-electron chi connectivity index (χ1n) is 13.6. The molecule has 17 nitrogen and oxygen atoms in total. The topological polar surface area (TPSA) is 283 Å². The van der Waals surface area contributed by atoms with Crippen LogP contribution in [0.2, 0.25) is 0 Å². The van der Waals surface area contributed by atoms with Crippen molar-refractivity contribution < 1.29 is 84.3 Å². The Morgan fingerprint density at radius 2 is 1.44 bits per heavy atom. The summed E-state index contributed by atoms with van der Waals surface area (Å²) >= 11 is 0. The summed E-state index contributed by atoms with van der Waals surface area (Å²) in [5.41, 5.74) is -2.31. The van der Waals surface area contributed by atoms with Crippen molar-refractivity contribution in [1.29, 1.82) is 0 Å². The van der Waals surface area contributed by atoms with E-state index in [9.17, 15) is 60.7 Å². The number of carbonyl (C=O) groups excluding carboxylic acids is 2. The average Bonchev–Trinajstić information content (AvgIpc) is 3.02. The molecule has 2 aliphatic heterocycles. The van der Waals surface area contributed by atoms with E-state index in [2.05, 4.69) is 4.74 Å². The fourth-order valence-corrected chi connectivity index (χ4v) is 5.65. The van der Waals surface area contributed by atoms with E-state index in [0.717, 1.165) is 25.3 Å². The van der Waals surface area contributed by atoms with Gasteiger partial charge in [0.25, 0.3) is 0 Å². The largest absolute Gasteiger partial charge is 0.507 e. The summed E-state index contributed by atoms with van der Waals surface area (Å²) in [7, 11) is 1.05. The van der Waals surface area contributed by atoms with Gasteiger partial charge in [0.1, 0.15) is 60.3 Å². The molecule has 0 aromatic heterocycles. The number of aliphatic hydroxyl groups excluding tert-OH is 7. The van der Waals surface area contributed by atoms with E-state index >= 15 is 0 Å². The number of rotatable bonds is 7. The van der Waals surface area contributed by atoms with E-state index in [4.69, 9.17) is 18.9 Å². The van der Waals surface area contributed by atoms with E-state index in [1.807, 2.05) is 0 Å². The molecule has 17 heteroatoms. The molecule has 0 bridgehead atoms. The molecular formula is C28H32O17. The summed E-state index contributed by atoms with van der Waals surface area (Å²) in [6, 6.07) is 5.43. The van der Waals surface area contributed by atoms with Crippen LogP contribution in [0, 0.1) is 0 Å². The van der Waals surface area contributed by atoms with Crippen molar-refractivity contribution in [1.82, 2.24) is 0 Å². The lowest BCUT2D eigenvalue weighted by molar-refractivity contribution is -0.382. The number of hydrogen-bond acceptors (Lipinski definition) is 17. The Morgan fingerprint density at radius 1 is 0.822 bits per heavy atom. The maximum atomic E-state index is 13.4. The first kappa shape index (κ1) is 33.1. The van der Waals surface area contributed by atoms with Crippen LogP contribution < -0.4 is 0 Å². The lowest BCUT2D eigenvalue weighted by Gasteiger charge is -2.47. The lowest BCUT2D eigenvalue weighted by Crippen LogP contribution is -2.65. The highest BCUT2D eigenvalue weighted by Gasteiger charge is 2.54. The molecule has 45 heavy (non-hydrogen) atoms. The predicted octanol–water partition coefficient (Wildman–Crippen LogP) is -3.74. The summed E-state index contributed by atoms with van der Waals surface area (Å²) < 4.78 is 26.9. The lowest BCUT2D eigenvalue weighted by atomic mass is 9.78. The van der Waals surface area contributed by atoms with Gasteiger partial charge in [-0.2, -0.15) is 0 Å². The molecule has 2 heterocycles. The van der Waals surface area contributed by atoms with E-state index in [-0.39, 0.29) is 5.56 Å². The van der Waals surface area contributed by atoms with Gasteiger partial charge in [-0.15, -0.1) is 0 Å². The van der Waals surface area contributed by atoms with Crippen molar-refractivity contribution >= 4 is 11.8 Å². The number of ether oxygens (including phenoxy) is 5. The summed E-state index contributed by atoms with van der Waals surface area (Å²) in [6.45, 7) is -1.72.